The van der Waals surface area contributed by atoms with Crippen molar-refractivity contribution in [2.45, 2.75) is 25.4 Å². The second-order valence-corrected chi connectivity index (χ2v) is 6.39. The fourth-order valence-corrected chi connectivity index (χ4v) is 3.39. The Morgan fingerprint density at radius 1 is 1.36 bits per heavy atom. The van der Waals surface area contributed by atoms with Gasteiger partial charge in [-0.3, -0.25) is 0 Å². The second kappa shape index (κ2) is 7.72. The van der Waals surface area contributed by atoms with Crippen LogP contribution in [-0.4, -0.2) is 37.9 Å². The Bertz CT molecular complexity index is 577. The molecule has 1 unspecified atom stereocenters. The maximum absolute atomic E-state index is 5.60. The molecule has 2 aromatic rings. The Labute approximate surface area is 135 Å². The first kappa shape index (κ1) is 15.5. The number of rotatable bonds is 7. The van der Waals surface area contributed by atoms with Crippen LogP contribution in [0.25, 0.3) is 11.3 Å². The topological polar surface area (TPSA) is 43.4 Å². The summed E-state index contributed by atoms with van der Waals surface area (Å²) in [5.41, 5.74) is 2.18. The van der Waals surface area contributed by atoms with Crippen molar-refractivity contribution in [2.24, 2.45) is 0 Å². The summed E-state index contributed by atoms with van der Waals surface area (Å²) in [7, 11) is 1.68. The van der Waals surface area contributed by atoms with Gasteiger partial charge in [0.15, 0.2) is 0 Å². The van der Waals surface area contributed by atoms with Crippen molar-refractivity contribution >= 4 is 11.3 Å². The van der Waals surface area contributed by atoms with Crippen LogP contribution in [0.5, 0.6) is 5.75 Å². The highest BCUT2D eigenvalue weighted by Crippen LogP contribution is 2.24. The molecule has 1 fully saturated rings. The molecule has 118 valence electrons. The number of methoxy groups -OCH3 is 1. The quantitative estimate of drug-likeness (QED) is 0.797. The van der Waals surface area contributed by atoms with Crippen molar-refractivity contribution in [1.29, 1.82) is 0 Å². The van der Waals surface area contributed by atoms with Gasteiger partial charge in [0.1, 0.15) is 5.75 Å². The molecule has 1 aromatic carbocycles. The molecule has 22 heavy (non-hydrogen) atoms. The van der Waals surface area contributed by atoms with Gasteiger partial charge in [-0.25, -0.2) is 4.98 Å². The van der Waals surface area contributed by atoms with Crippen LogP contribution >= 0.6 is 11.3 Å². The van der Waals surface area contributed by atoms with Crippen LogP contribution in [-0.2, 0) is 11.2 Å². The minimum absolute atomic E-state index is 0.408. The lowest BCUT2D eigenvalue weighted by Gasteiger charge is -2.09. The predicted molar refractivity (Wildman–Crippen MR) is 89.6 cm³/mol. The van der Waals surface area contributed by atoms with Crippen molar-refractivity contribution in [2.75, 3.05) is 26.8 Å². The van der Waals surface area contributed by atoms with Crippen LogP contribution in [0.4, 0.5) is 0 Å². The van der Waals surface area contributed by atoms with Gasteiger partial charge in [0.05, 0.1) is 23.9 Å². The lowest BCUT2D eigenvalue weighted by molar-refractivity contribution is 0.110. The molecule has 1 N–H and O–H groups in total. The summed E-state index contributed by atoms with van der Waals surface area (Å²) in [6.07, 6.45) is 3.76. The van der Waals surface area contributed by atoms with Gasteiger partial charge >= 0.3 is 0 Å². The lowest BCUT2D eigenvalue weighted by atomic mass is 10.2. The van der Waals surface area contributed by atoms with Gasteiger partial charge in [-0.05, 0) is 37.1 Å². The number of hydrogen-bond donors (Lipinski definition) is 1. The molecule has 5 heteroatoms. The largest absolute Gasteiger partial charge is 0.497 e. The van der Waals surface area contributed by atoms with Crippen molar-refractivity contribution < 1.29 is 9.47 Å². The molecule has 0 aliphatic carbocycles. The third-order valence-corrected chi connectivity index (χ3v) is 4.76. The minimum atomic E-state index is 0.408. The first-order chi connectivity index (χ1) is 10.8. The maximum atomic E-state index is 5.60. The van der Waals surface area contributed by atoms with E-state index < -0.39 is 0 Å². The van der Waals surface area contributed by atoms with Crippen LogP contribution in [0, 0.1) is 0 Å². The Balaban J connectivity index is 1.47. The first-order valence-electron chi connectivity index (χ1n) is 7.76. The Hall–Kier alpha value is -1.43. The highest BCUT2D eigenvalue weighted by atomic mass is 32.1. The lowest BCUT2D eigenvalue weighted by Crippen LogP contribution is -2.27. The smallest absolute Gasteiger partial charge is 0.118 e. The van der Waals surface area contributed by atoms with Gasteiger partial charge in [-0.2, -0.15) is 0 Å². The molecule has 0 bridgehead atoms. The molecule has 1 aromatic heterocycles. The van der Waals surface area contributed by atoms with E-state index >= 15 is 0 Å². The zero-order chi connectivity index (χ0) is 15.2. The molecular formula is C17H22N2O2S. The summed E-state index contributed by atoms with van der Waals surface area (Å²) < 4.78 is 10.8. The summed E-state index contributed by atoms with van der Waals surface area (Å²) in [5, 5.41) is 6.76. The Kier molecular flexibility index (Phi) is 5.43. The average molecular weight is 318 g/mol. The first-order valence-corrected chi connectivity index (χ1v) is 8.64. The molecule has 0 amide bonds. The third-order valence-electron chi connectivity index (χ3n) is 3.85. The molecule has 4 nitrogen and oxygen atoms in total. The predicted octanol–water partition coefficient (Wildman–Crippen LogP) is 3.13. The Morgan fingerprint density at radius 2 is 2.23 bits per heavy atom. The highest BCUT2D eigenvalue weighted by Gasteiger charge is 2.14. The number of ether oxygens (including phenoxy) is 2. The van der Waals surface area contributed by atoms with Gasteiger partial charge in [-0.1, -0.05) is 0 Å². The van der Waals surface area contributed by atoms with Gasteiger partial charge in [-0.15, -0.1) is 11.3 Å². The van der Waals surface area contributed by atoms with E-state index in [1.807, 2.05) is 24.3 Å². The fourth-order valence-electron chi connectivity index (χ4n) is 2.58. The Morgan fingerprint density at radius 3 is 2.95 bits per heavy atom. The fraction of sp³-hybridized carbons (Fsp3) is 0.471. The minimum Gasteiger partial charge on any atom is -0.497 e. The number of hydrogen-bond acceptors (Lipinski definition) is 5. The molecule has 0 radical (unpaired) electrons. The highest BCUT2D eigenvalue weighted by molar-refractivity contribution is 7.09. The average Bonchev–Trinajstić information content (AvgIpc) is 3.23. The molecule has 1 saturated heterocycles. The van der Waals surface area contributed by atoms with E-state index in [0.717, 1.165) is 43.1 Å². The zero-order valence-corrected chi connectivity index (χ0v) is 13.7. The van der Waals surface area contributed by atoms with Crippen molar-refractivity contribution in [3.8, 4) is 17.0 Å². The number of benzene rings is 1. The van der Waals surface area contributed by atoms with Gasteiger partial charge in [0.2, 0.25) is 0 Å². The monoisotopic (exact) mass is 318 g/mol. The number of thiazole rings is 1. The van der Waals surface area contributed by atoms with Crippen LogP contribution in [0.2, 0.25) is 0 Å². The number of nitrogens with zero attached hydrogens (tertiary/aromatic N) is 1. The van der Waals surface area contributed by atoms with E-state index in [0.29, 0.717) is 6.10 Å². The van der Waals surface area contributed by atoms with E-state index in [9.17, 15) is 0 Å². The molecule has 2 heterocycles. The van der Waals surface area contributed by atoms with Crippen molar-refractivity contribution in [3.05, 3.63) is 34.7 Å². The SMILES string of the molecule is COc1ccc(-c2csc(CCNCC3CCCO3)n2)cc1. The summed E-state index contributed by atoms with van der Waals surface area (Å²) in [4.78, 5) is 4.71. The molecule has 0 spiro atoms. The van der Waals surface area contributed by atoms with Crippen molar-refractivity contribution in [1.82, 2.24) is 10.3 Å². The van der Waals surface area contributed by atoms with E-state index in [1.54, 1.807) is 18.4 Å². The van der Waals surface area contributed by atoms with Crippen LogP contribution in [0.15, 0.2) is 29.6 Å². The zero-order valence-electron chi connectivity index (χ0n) is 12.9. The van der Waals surface area contributed by atoms with Gasteiger partial charge in [0, 0.05) is 37.1 Å². The third kappa shape index (κ3) is 4.06. The summed E-state index contributed by atoms with van der Waals surface area (Å²) >= 11 is 1.72. The summed E-state index contributed by atoms with van der Waals surface area (Å²) in [5.74, 6) is 0.873. The number of aromatic nitrogens is 1. The molecule has 0 saturated carbocycles. The molecule has 3 rings (SSSR count). The molecular weight excluding hydrogens is 296 g/mol. The molecule has 1 atom stereocenters. The maximum Gasteiger partial charge on any atom is 0.118 e. The standard InChI is InChI=1S/C17H22N2O2S/c1-20-14-6-4-13(5-7-14)16-12-22-17(19-16)8-9-18-11-15-3-2-10-21-15/h4-7,12,15,18H,2-3,8-11H2,1H3. The van der Waals surface area contributed by atoms with E-state index in [2.05, 4.69) is 10.7 Å². The van der Waals surface area contributed by atoms with Crippen molar-refractivity contribution in [3.63, 3.8) is 0 Å². The van der Waals surface area contributed by atoms with Gasteiger partial charge < -0.3 is 14.8 Å². The van der Waals surface area contributed by atoms with Crippen LogP contribution in [0.3, 0.4) is 0 Å². The second-order valence-electron chi connectivity index (χ2n) is 5.44. The van der Waals surface area contributed by atoms with Crippen LogP contribution < -0.4 is 10.1 Å². The molecule has 1 aliphatic heterocycles. The number of nitrogens with one attached hydrogen (secondary N) is 1. The van der Waals surface area contributed by atoms with Gasteiger partial charge in [0.25, 0.3) is 0 Å². The van der Waals surface area contributed by atoms with Crippen LogP contribution in [0.1, 0.15) is 17.8 Å². The van der Waals surface area contributed by atoms with E-state index in [1.165, 1.54) is 17.8 Å². The van der Waals surface area contributed by atoms with E-state index in [-0.39, 0.29) is 0 Å². The summed E-state index contributed by atoms with van der Waals surface area (Å²) in [6.45, 7) is 2.83. The summed E-state index contributed by atoms with van der Waals surface area (Å²) in [6, 6.07) is 8.04. The molecule has 1 aliphatic rings. The van der Waals surface area contributed by atoms with E-state index in [4.69, 9.17) is 14.5 Å². The normalized spacial score (nSPS) is 17.8.